The van der Waals surface area contributed by atoms with Crippen LogP contribution in [0.2, 0.25) is 5.02 Å². The molecule has 14 heavy (non-hydrogen) atoms. The summed E-state index contributed by atoms with van der Waals surface area (Å²) in [6, 6.07) is 7.26. The minimum absolute atomic E-state index is 0.0452. The van der Waals surface area contributed by atoms with Gasteiger partial charge in [0.05, 0.1) is 6.10 Å². The van der Waals surface area contributed by atoms with Gasteiger partial charge >= 0.3 is 0 Å². The minimum Gasteiger partial charge on any atom is -0.386 e. The van der Waals surface area contributed by atoms with Crippen LogP contribution in [-0.4, -0.2) is 17.8 Å². The van der Waals surface area contributed by atoms with Crippen molar-refractivity contribution in [3.63, 3.8) is 0 Å². The number of aliphatic hydroxyl groups excluding tert-OH is 1. The molecule has 76 valence electrons. The molecule has 1 aromatic carbocycles. The van der Waals surface area contributed by atoms with Crippen LogP contribution < -0.4 is 0 Å². The van der Waals surface area contributed by atoms with Gasteiger partial charge < -0.3 is 9.84 Å². The second-order valence-corrected chi connectivity index (χ2v) is 3.98. The van der Waals surface area contributed by atoms with E-state index in [0.29, 0.717) is 5.02 Å². The molecule has 0 radical (unpaired) electrons. The second-order valence-electron chi connectivity index (χ2n) is 3.55. The maximum Gasteiger partial charge on any atom is 0.105 e. The Morgan fingerprint density at radius 3 is 2.64 bits per heavy atom. The van der Waals surface area contributed by atoms with Crippen LogP contribution in [-0.2, 0) is 4.74 Å². The smallest absolute Gasteiger partial charge is 0.105 e. The molecular formula is C11H13ClO2. The summed E-state index contributed by atoms with van der Waals surface area (Å²) in [5, 5.41) is 10.6. The molecule has 1 aliphatic rings. The van der Waals surface area contributed by atoms with Gasteiger partial charge in [-0.05, 0) is 30.5 Å². The summed E-state index contributed by atoms with van der Waals surface area (Å²) < 4.78 is 5.42. The molecule has 1 heterocycles. The highest BCUT2D eigenvalue weighted by Crippen LogP contribution is 2.27. The first-order valence-corrected chi connectivity index (χ1v) is 5.20. The van der Waals surface area contributed by atoms with Gasteiger partial charge in [0.25, 0.3) is 0 Å². The Bertz CT molecular complexity index is 291. The van der Waals surface area contributed by atoms with Gasteiger partial charge in [-0.25, -0.2) is 0 Å². The lowest BCUT2D eigenvalue weighted by atomic mass is 10.0. The molecule has 3 heteroatoms. The third kappa shape index (κ3) is 2.08. The predicted octanol–water partition coefficient (Wildman–Crippen LogP) is 2.55. The van der Waals surface area contributed by atoms with E-state index in [1.54, 1.807) is 12.1 Å². The summed E-state index contributed by atoms with van der Waals surface area (Å²) >= 11 is 5.76. The predicted molar refractivity (Wildman–Crippen MR) is 55.4 cm³/mol. The van der Waals surface area contributed by atoms with E-state index in [2.05, 4.69) is 0 Å². The topological polar surface area (TPSA) is 29.5 Å². The summed E-state index contributed by atoms with van der Waals surface area (Å²) in [4.78, 5) is 0. The molecule has 1 aliphatic heterocycles. The lowest BCUT2D eigenvalue weighted by Gasteiger charge is -2.17. The van der Waals surface area contributed by atoms with Crippen molar-refractivity contribution < 1.29 is 9.84 Å². The molecule has 0 bridgehead atoms. The Morgan fingerprint density at radius 2 is 2.07 bits per heavy atom. The summed E-state index contributed by atoms with van der Waals surface area (Å²) in [7, 11) is 0. The first kappa shape index (κ1) is 9.97. The van der Waals surface area contributed by atoms with Crippen molar-refractivity contribution in [2.45, 2.75) is 25.0 Å². The van der Waals surface area contributed by atoms with Gasteiger partial charge in [-0.2, -0.15) is 0 Å². The fourth-order valence-electron chi connectivity index (χ4n) is 1.73. The van der Waals surface area contributed by atoms with Gasteiger partial charge in [-0.3, -0.25) is 0 Å². The molecular weight excluding hydrogens is 200 g/mol. The molecule has 0 aromatic heterocycles. The molecule has 0 aliphatic carbocycles. The lowest BCUT2D eigenvalue weighted by Crippen LogP contribution is -2.16. The molecule has 1 saturated heterocycles. The van der Waals surface area contributed by atoms with Gasteiger partial charge in [-0.1, -0.05) is 23.7 Å². The quantitative estimate of drug-likeness (QED) is 0.817. The fraction of sp³-hybridized carbons (Fsp3) is 0.455. The monoisotopic (exact) mass is 212 g/mol. The molecule has 0 spiro atoms. The van der Waals surface area contributed by atoms with Crippen molar-refractivity contribution in [3.05, 3.63) is 34.9 Å². The highest BCUT2D eigenvalue weighted by molar-refractivity contribution is 6.30. The van der Waals surface area contributed by atoms with Crippen LogP contribution in [0, 0.1) is 0 Å². The Hall–Kier alpha value is -0.570. The largest absolute Gasteiger partial charge is 0.386 e. The van der Waals surface area contributed by atoms with Crippen LogP contribution in [0.5, 0.6) is 0 Å². The van der Waals surface area contributed by atoms with Crippen molar-refractivity contribution in [1.29, 1.82) is 0 Å². The SMILES string of the molecule is OC(c1ccc(Cl)cc1)C1CCCO1. The number of halogens is 1. The van der Waals surface area contributed by atoms with E-state index in [0.717, 1.165) is 25.0 Å². The van der Waals surface area contributed by atoms with Gasteiger partial charge in [0.15, 0.2) is 0 Å². The van der Waals surface area contributed by atoms with Crippen molar-refractivity contribution in [1.82, 2.24) is 0 Å². The molecule has 2 atom stereocenters. The fourth-order valence-corrected chi connectivity index (χ4v) is 1.85. The Labute approximate surface area is 88.5 Å². The van der Waals surface area contributed by atoms with Crippen molar-refractivity contribution in [2.24, 2.45) is 0 Å². The van der Waals surface area contributed by atoms with E-state index in [-0.39, 0.29) is 6.10 Å². The first-order valence-electron chi connectivity index (χ1n) is 4.82. The molecule has 2 rings (SSSR count). The minimum atomic E-state index is -0.519. The van der Waals surface area contributed by atoms with E-state index in [1.807, 2.05) is 12.1 Å². The van der Waals surface area contributed by atoms with E-state index in [1.165, 1.54) is 0 Å². The maximum atomic E-state index is 9.94. The third-order valence-electron chi connectivity index (χ3n) is 2.53. The summed E-state index contributed by atoms with van der Waals surface area (Å²) in [5.41, 5.74) is 0.876. The average Bonchev–Trinajstić information content (AvgIpc) is 2.71. The first-order chi connectivity index (χ1) is 6.77. The van der Waals surface area contributed by atoms with E-state index < -0.39 is 6.10 Å². The van der Waals surface area contributed by atoms with Crippen molar-refractivity contribution in [3.8, 4) is 0 Å². The van der Waals surface area contributed by atoms with Crippen LogP contribution in [0.25, 0.3) is 0 Å². The molecule has 1 fully saturated rings. The van der Waals surface area contributed by atoms with Crippen LogP contribution >= 0.6 is 11.6 Å². The van der Waals surface area contributed by atoms with Crippen molar-refractivity contribution in [2.75, 3.05) is 6.61 Å². The summed E-state index contributed by atoms with van der Waals surface area (Å²) in [6.45, 7) is 0.759. The standard InChI is InChI=1S/C11H13ClO2/c12-9-5-3-8(4-6-9)11(13)10-2-1-7-14-10/h3-6,10-11,13H,1-2,7H2. The molecule has 2 nitrogen and oxygen atoms in total. The van der Waals surface area contributed by atoms with Gasteiger partial charge in [0, 0.05) is 11.6 Å². The molecule has 2 unspecified atom stereocenters. The Kier molecular flexibility index (Phi) is 3.06. The molecule has 1 aromatic rings. The Morgan fingerprint density at radius 1 is 1.36 bits per heavy atom. The van der Waals surface area contributed by atoms with Crippen molar-refractivity contribution >= 4 is 11.6 Å². The van der Waals surface area contributed by atoms with Crippen LogP contribution in [0.4, 0.5) is 0 Å². The van der Waals surface area contributed by atoms with Crippen LogP contribution in [0.15, 0.2) is 24.3 Å². The molecule has 1 N–H and O–H groups in total. The number of hydrogen-bond acceptors (Lipinski definition) is 2. The third-order valence-corrected chi connectivity index (χ3v) is 2.78. The number of ether oxygens (including phenoxy) is 1. The zero-order valence-corrected chi connectivity index (χ0v) is 8.57. The summed E-state index contributed by atoms with van der Waals surface area (Å²) in [5.74, 6) is 0. The van der Waals surface area contributed by atoms with E-state index in [9.17, 15) is 5.11 Å². The van der Waals surface area contributed by atoms with E-state index >= 15 is 0 Å². The zero-order chi connectivity index (χ0) is 9.97. The second kappa shape index (κ2) is 4.30. The summed E-state index contributed by atoms with van der Waals surface area (Å²) in [6.07, 6.45) is 1.41. The number of benzene rings is 1. The highest BCUT2D eigenvalue weighted by Gasteiger charge is 2.24. The molecule has 0 amide bonds. The average molecular weight is 213 g/mol. The van der Waals surface area contributed by atoms with Crippen LogP contribution in [0.3, 0.4) is 0 Å². The number of aliphatic hydroxyl groups is 1. The highest BCUT2D eigenvalue weighted by atomic mass is 35.5. The zero-order valence-electron chi connectivity index (χ0n) is 7.82. The number of hydrogen-bond donors (Lipinski definition) is 1. The Balaban J connectivity index is 2.09. The van der Waals surface area contributed by atoms with Gasteiger partial charge in [0.1, 0.15) is 6.10 Å². The normalized spacial score (nSPS) is 23.7. The number of rotatable bonds is 2. The maximum absolute atomic E-state index is 9.94. The van der Waals surface area contributed by atoms with Gasteiger partial charge in [-0.15, -0.1) is 0 Å². The van der Waals surface area contributed by atoms with Gasteiger partial charge in [0.2, 0.25) is 0 Å². The molecule has 0 saturated carbocycles. The van der Waals surface area contributed by atoms with E-state index in [4.69, 9.17) is 16.3 Å². The van der Waals surface area contributed by atoms with Crippen LogP contribution in [0.1, 0.15) is 24.5 Å². The lowest BCUT2D eigenvalue weighted by molar-refractivity contribution is -0.00258.